The number of carbonyl (C=O) groups is 1. The highest BCUT2D eigenvalue weighted by Gasteiger charge is 2.20. The number of nitrogens with zero attached hydrogens (tertiary/aromatic N) is 2. The summed E-state index contributed by atoms with van der Waals surface area (Å²) in [7, 11) is 0. The SMILES string of the molecule is CCOC(=O)CN(c1cccc(SC)c1C#N)C(C)C. The molecule has 0 unspecified atom stereocenters. The number of nitriles is 1. The highest BCUT2D eigenvalue weighted by molar-refractivity contribution is 7.98. The molecule has 1 aromatic carbocycles. The summed E-state index contributed by atoms with van der Waals surface area (Å²) in [5.41, 5.74) is 1.39. The molecule has 0 saturated heterocycles. The van der Waals surface area contributed by atoms with Crippen molar-refractivity contribution in [3.63, 3.8) is 0 Å². The molecule has 1 rings (SSSR count). The number of hydrogen-bond acceptors (Lipinski definition) is 5. The van der Waals surface area contributed by atoms with Crippen molar-refractivity contribution in [2.45, 2.75) is 31.7 Å². The van der Waals surface area contributed by atoms with Crippen LogP contribution in [0.15, 0.2) is 23.1 Å². The molecular weight excluding hydrogens is 272 g/mol. The molecule has 0 fully saturated rings. The van der Waals surface area contributed by atoms with Crippen molar-refractivity contribution in [3.05, 3.63) is 23.8 Å². The van der Waals surface area contributed by atoms with Gasteiger partial charge in [0.15, 0.2) is 0 Å². The molecule has 5 heteroatoms. The predicted octanol–water partition coefficient (Wildman–Crippen LogP) is 3.06. The van der Waals surface area contributed by atoms with Gasteiger partial charge < -0.3 is 9.64 Å². The fourth-order valence-corrected chi connectivity index (χ4v) is 2.50. The molecule has 0 radical (unpaired) electrons. The van der Waals surface area contributed by atoms with E-state index in [2.05, 4.69) is 6.07 Å². The van der Waals surface area contributed by atoms with Gasteiger partial charge >= 0.3 is 5.97 Å². The van der Waals surface area contributed by atoms with Crippen LogP contribution in [0.2, 0.25) is 0 Å². The molecule has 0 aliphatic carbocycles. The maximum atomic E-state index is 11.7. The smallest absolute Gasteiger partial charge is 0.325 e. The number of carbonyl (C=O) groups excluding carboxylic acids is 1. The molecule has 4 nitrogen and oxygen atoms in total. The van der Waals surface area contributed by atoms with Gasteiger partial charge in [-0.1, -0.05) is 6.07 Å². The average molecular weight is 292 g/mol. The van der Waals surface area contributed by atoms with E-state index in [0.717, 1.165) is 10.6 Å². The van der Waals surface area contributed by atoms with Crippen LogP contribution in [0.25, 0.3) is 0 Å². The van der Waals surface area contributed by atoms with Gasteiger partial charge in [-0.2, -0.15) is 5.26 Å². The van der Waals surface area contributed by atoms with Crippen LogP contribution in [0.1, 0.15) is 26.3 Å². The molecule has 0 spiro atoms. The van der Waals surface area contributed by atoms with Gasteiger partial charge in [0.05, 0.1) is 17.9 Å². The van der Waals surface area contributed by atoms with Crippen molar-refractivity contribution in [3.8, 4) is 6.07 Å². The fraction of sp³-hybridized carbons (Fsp3) is 0.467. The van der Waals surface area contributed by atoms with Gasteiger partial charge in [0.25, 0.3) is 0 Å². The van der Waals surface area contributed by atoms with Crippen LogP contribution in [0.3, 0.4) is 0 Å². The monoisotopic (exact) mass is 292 g/mol. The normalized spacial score (nSPS) is 10.2. The van der Waals surface area contributed by atoms with Gasteiger partial charge in [-0.25, -0.2) is 0 Å². The Kier molecular flexibility index (Phi) is 6.40. The number of benzene rings is 1. The molecule has 20 heavy (non-hydrogen) atoms. The van der Waals surface area contributed by atoms with E-state index in [1.165, 1.54) is 11.8 Å². The lowest BCUT2D eigenvalue weighted by Gasteiger charge is -2.29. The standard InChI is InChI=1S/C15H20N2O2S/c1-5-19-15(18)10-17(11(2)3)13-7-6-8-14(20-4)12(13)9-16/h6-8,11H,5,10H2,1-4H3. The van der Waals surface area contributed by atoms with Crippen molar-refractivity contribution in [1.29, 1.82) is 5.26 Å². The van der Waals surface area contributed by atoms with Crippen molar-refractivity contribution in [2.24, 2.45) is 0 Å². The van der Waals surface area contributed by atoms with E-state index in [1.54, 1.807) is 6.92 Å². The highest BCUT2D eigenvalue weighted by atomic mass is 32.2. The van der Waals surface area contributed by atoms with E-state index < -0.39 is 0 Å². The maximum Gasteiger partial charge on any atom is 0.325 e. The fourth-order valence-electron chi connectivity index (χ4n) is 1.93. The second kappa shape index (κ2) is 7.81. The van der Waals surface area contributed by atoms with E-state index >= 15 is 0 Å². The number of esters is 1. The summed E-state index contributed by atoms with van der Waals surface area (Å²) < 4.78 is 5.01. The zero-order chi connectivity index (χ0) is 15.1. The zero-order valence-electron chi connectivity index (χ0n) is 12.3. The van der Waals surface area contributed by atoms with Crippen LogP contribution >= 0.6 is 11.8 Å². The Hall–Kier alpha value is -1.67. The summed E-state index contributed by atoms with van der Waals surface area (Å²) >= 11 is 1.53. The lowest BCUT2D eigenvalue weighted by molar-refractivity contribution is -0.141. The van der Waals surface area contributed by atoms with E-state index in [0.29, 0.717) is 12.2 Å². The first kappa shape index (κ1) is 16.4. The Labute approximate surface area is 124 Å². The van der Waals surface area contributed by atoms with Gasteiger partial charge in [0.1, 0.15) is 12.6 Å². The van der Waals surface area contributed by atoms with Crippen LogP contribution < -0.4 is 4.90 Å². The van der Waals surface area contributed by atoms with Crippen LogP contribution in [0.5, 0.6) is 0 Å². The third-order valence-corrected chi connectivity index (χ3v) is 3.65. The van der Waals surface area contributed by atoms with Crippen molar-refractivity contribution in [2.75, 3.05) is 24.3 Å². The minimum absolute atomic E-state index is 0.101. The zero-order valence-corrected chi connectivity index (χ0v) is 13.2. The molecule has 0 heterocycles. The molecule has 0 saturated carbocycles. The van der Waals surface area contributed by atoms with Crippen LogP contribution in [-0.4, -0.2) is 31.4 Å². The summed E-state index contributed by atoms with van der Waals surface area (Å²) in [6, 6.07) is 8.03. The summed E-state index contributed by atoms with van der Waals surface area (Å²) in [5, 5.41) is 9.39. The number of ether oxygens (including phenoxy) is 1. The van der Waals surface area contributed by atoms with Crippen LogP contribution in [-0.2, 0) is 9.53 Å². The Morgan fingerprint density at radius 3 is 2.70 bits per heavy atom. The first-order valence-corrected chi connectivity index (χ1v) is 7.77. The molecule has 0 aromatic heterocycles. The Morgan fingerprint density at radius 2 is 2.20 bits per heavy atom. The van der Waals surface area contributed by atoms with Gasteiger partial charge in [0.2, 0.25) is 0 Å². The molecule has 1 aromatic rings. The van der Waals surface area contributed by atoms with E-state index in [1.807, 2.05) is 43.2 Å². The third-order valence-electron chi connectivity index (χ3n) is 2.87. The highest BCUT2D eigenvalue weighted by Crippen LogP contribution is 2.30. The molecule has 0 atom stereocenters. The number of anilines is 1. The summed E-state index contributed by atoms with van der Waals surface area (Å²) in [6.07, 6.45) is 1.94. The van der Waals surface area contributed by atoms with E-state index in [4.69, 9.17) is 4.74 Å². The quantitative estimate of drug-likeness (QED) is 0.596. The molecule has 0 aliphatic rings. The molecule has 0 N–H and O–H groups in total. The molecular formula is C15H20N2O2S. The lowest BCUT2D eigenvalue weighted by Crippen LogP contribution is -2.37. The average Bonchev–Trinajstić information content (AvgIpc) is 2.43. The first-order chi connectivity index (χ1) is 9.54. The van der Waals surface area contributed by atoms with E-state index in [9.17, 15) is 10.1 Å². The minimum Gasteiger partial charge on any atom is -0.465 e. The molecule has 0 bridgehead atoms. The largest absolute Gasteiger partial charge is 0.465 e. The Balaban J connectivity index is 3.16. The number of hydrogen-bond donors (Lipinski definition) is 0. The van der Waals surface area contributed by atoms with Crippen molar-refractivity contribution >= 4 is 23.4 Å². The van der Waals surface area contributed by atoms with Gasteiger partial charge in [-0.3, -0.25) is 4.79 Å². The van der Waals surface area contributed by atoms with Crippen molar-refractivity contribution < 1.29 is 9.53 Å². The Morgan fingerprint density at radius 1 is 1.50 bits per heavy atom. The van der Waals surface area contributed by atoms with Crippen LogP contribution in [0, 0.1) is 11.3 Å². The van der Waals surface area contributed by atoms with Gasteiger partial charge in [-0.15, -0.1) is 11.8 Å². The summed E-state index contributed by atoms with van der Waals surface area (Å²) in [5.74, 6) is -0.278. The maximum absolute atomic E-state index is 11.7. The molecule has 108 valence electrons. The van der Waals surface area contributed by atoms with Crippen molar-refractivity contribution in [1.82, 2.24) is 0 Å². The second-order valence-electron chi connectivity index (χ2n) is 4.49. The lowest BCUT2D eigenvalue weighted by atomic mass is 10.1. The second-order valence-corrected chi connectivity index (χ2v) is 5.34. The topological polar surface area (TPSA) is 53.3 Å². The number of thioether (sulfide) groups is 1. The number of rotatable bonds is 6. The van der Waals surface area contributed by atoms with Crippen LogP contribution in [0.4, 0.5) is 5.69 Å². The molecule has 0 aliphatic heterocycles. The Bertz CT molecular complexity index is 509. The minimum atomic E-state index is -0.278. The van der Waals surface area contributed by atoms with E-state index in [-0.39, 0.29) is 18.6 Å². The first-order valence-electron chi connectivity index (χ1n) is 6.54. The third kappa shape index (κ3) is 3.91. The summed E-state index contributed by atoms with van der Waals surface area (Å²) in [6.45, 7) is 6.28. The van der Waals surface area contributed by atoms with Gasteiger partial charge in [0, 0.05) is 10.9 Å². The predicted molar refractivity (Wildman–Crippen MR) is 82.1 cm³/mol. The van der Waals surface area contributed by atoms with Gasteiger partial charge in [-0.05, 0) is 39.2 Å². The summed E-state index contributed by atoms with van der Waals surface area (Å²) in [4.78, 5) is 14.5. The molecule has 0 amide bonds.